The van der Waals surface area contributed by atoms with E-state index in [2.05, 4.69) is 17.5 Å². The molecule has 0 atom stereocenters. The fraction of sp³-hybridized carbons (Fsp3) is 0.194. The number of rotatable bonds is 10. The molecule has 0 spiro atoms. The van der Waals surface area contributed by atoms with Gasteiger partial charge in [0.2, 0.25) is 5.91 Å². The molecule has 41 heavy (non-hydrogen) atoms. The van der Waals surface area contributed by atoms with E-state index in [1.54, 1.807) is 21.0 Å². The first kappa shape index (κ1) is 29.3. The molecule has 0 unspecified atom stereocenters. The number of hydrogen-bond acceptors (Lipinski definition) is 9. The number of nitrogens with one attached hydrogen (secondary N) is 1. The van der Waals surface area contributed by atoms with Crippen LogP contribution in [0.15, 0.2) is 65.7 Å². The molecule has 0 aliphatic heterocycles. The van der Waals surface area contributed by atoms with E-state index in [-0.39, 0.29) is 24.5 Å². The average molecular weight is 583 g/mol. The minimum absolute atomic E-state index is 0.0984. The fourth-order valence-corrected chi connectivity index (χ4v) is 6.06. The van der Waals surface area contributed by atoms with Gasteiger partial charge in [-0.05, 0) is 43.2 Å². The van der Waals surface area contributed by atoms with Gasteiger partial charge in [-0.2, -0.15) is 10.5 Å². The maximum absolute atomic E-state index is 12.8. The molecule has 4 aromatic rings. The lowest BCUT2D eigenvalue weighted by molar-refractivity contribution is -0.115. The van der Waals surface area contributed by atoms with Crippen LogP contribution in [0, 0.1) is 29.6 Å². The summed E-state index contributed by atoms with van der Waals surface area (Å²) in [5.74, 6) is 0.201. The fourth-order valence-electron chi connectivity index (χ4n) is 4.05. The monoisotopic (exact) mass is 582 g/mol. The highest BCUT2D eigenvalue weighted by atomic mass is 32.2. The molecule has 8 nitrogen and oxygen atoms in total. The van der Waals surface area contributed by atoms with E-state index in [9.17, 15) is 20.1 Å². The minimum atomic E-state index is -0.524. The zero-order valence-electron chi connectivity index (χ0n) is 22.7. The van der Waals surface area contributed by atoms with E-state index in [0.29, 0.717) is 43.2 Å². The van der Waals surface area contributed by atoms with Crippen LogP contribution in [0.4, 0.5) is 5.00 Å². The Bertz CT molecular complexity index is 1650. The summed E-state index contributed by atoms with van der Waals surface area (Å²) in [6.07, 6.45) is 0.0984. The summed E-state index contributed by atoms with van der Waals surface area (Å²) in [5, 5.41) is 23.3. The number of hydrogen-bond donors (Lipinski definition) is 1. The van der Waals surface area contributed by atoms with Gasteiger partial charge in [-0.3, -0.25) is 4.79 Å². The van der Waals surface area contributed by atoms with Crippen LogP contribution in [0.5, 0.6) is 5.75 Å². The number of benzene rings is 2. The molecule has 0 aliphatic carbocycles. The average Bonchev–Trinajstić information content (AvgIpc) is 3.31. The number of pyridine rings is 1. The van der Waals surface area contributed by atoms with Crippen molar-refractivity contribution in [3.8, 4) is 40.3 Å². The van der Waals surface area contributed by atoms with Gasteiger partial charge < -0.3 is 14.8 Å². The van der Waals surface area contributed by atoms with Crippen LogP contribution in [0.25, 0.3) is 22.4 Å². The molecule has 10 heteroatoms. The Labute approximate surface area is 246 Å². The molecule has 0 fully saturated rings. The standard InChI is InChI=1S/C31H26N4O4S2/c1-4-39-31(37)28-19(2)24(17-32)30(41-28)35-27(36)14-15-40-29-25(18-33)23(20-10-12-22(38-3)13-11-20)16-26(34-29)21-8-6-5-7-9-21/h5-13,16H,4,14-15H2,1-3H3,(H,35,36). The molecule has 2 aromatic carbocycles. The van der Waals surface area contributed by atoms with Gasteiger partial charge in [-0.15, -0.1) is 23.1 Å². The number of methoxy groups -OCH3 is 1. The summed E-state index contributed by atoms with van der Waals surface area (Å²) in [7, 11) is 1.60. The molecule has 1 amide bonds. The van der Waals surface area contributed by atoms with Gasteiger partial charge in [0, 0.05) is 23.3 Å². The maximum Gasteiger partial charge on any atom is 0.348 e. The largest absolute Gasteiger partial charge is 0.497 e. The lowest BCUT2D eigenvalue weighted by Crippen LogP contribution is -2.12. The number of carbonyl (C=O) groups excluding carboxylic acids is 2. The van der Waals surface area contributed by atoms with Gasteiger partial charge in [-0.1, -0.05) is 42.5 Å². The number of carbonyl (C=O) groups is 2. The van der Waals surface area contributed by atoms with Gasteiger partial charge in [0.1, 0.15) is 32.8 Å². The number of aromatic nitrogens is 1. The van der Waals surface area contributed by atoms with Gasteiger partial charge >= 0.3 is 5.97 Å². The molecule has 0 saturated heterocycles. The van der Waals surface area contributed by atoms with Crippen LogP contribution in [-0.4, -0.2) is 36.3 Å². The summed E-state index contributed by atoms with van der Waals surface area (Å²) in [4.78, 5) is 30.2. The summed E-state index contributed by atoms with van der Waals surface area (Å²) >= 11 is 2.34. The first-order chi connectivity index (χ1) is 19.9. The Morgan fingerprint density at radius 3 is 2.37 bits per heavy atom. The van der Waals surface area contributed by atoms with Gasteiger partial charge in [-0.25, -0.2) is 9.78 Å². The second-order valence-corrected chi connectivity index (χ2v) is 10.8. The van der Waals surface area contributed by atoms with Gasteiger partial charge in [0.05, 0.1) is 30.5 Å². The Morgan fingerprint density at radius 1 is 1.02 bits per heavy atom. The zero-order chi connectivity index (χ0) is 29.4. The van der Waals surface area contributed by atoms with Crippen molar-refractivity contribution in [2.45, 2.75) is 25.3 Å². The summed E-state index contributed by atoms with van der Waals surface area (Å²) in [5.41, 5.74) is 4.33. The molecular formula is C31H26N4O4S2. The van der Waals surface area contributed by atoms with Crippen LogP contribution in [0.3, 0.4) is 0 Å². The lowest BCUT2D eigenvalue weighted by Gasteiger charge is -2.13. The second kappa shape index (κ2) is 13.6. The van der Waals surface area contributed by atoms with Crippen molar-refractivity contribution in [1.82, 2.24) is 4.98 Å². The van der Waals surface area contributed by atoms with Crippen molar-refractivity contribution in [2.24, 2.45) is 0 Å². The number of nitrogens with zero attached hydrogens (tertiary/aromatic N) is 3. The van der Waals surface area contributed by atoms with Crippen LogP contribution < -0.4 is 10.1 Å². The molecule has 0 aliphatic rings. The van der Waals surface area contributed by atoms with Crippen LogP contribution in [0.1, 0.15) is 39.7 Å². The third-order valence-electron chi connectivity index (χ3n) is 6.11. The van der Waals surface area contributed by atoms with E-state index < -0.39 is 5.97 Å². The topological polar surface area (TPSA) is 125 Å². The van der Waals surface area contributed by atoms with Crippen molar-refractivity contribution in [1.29, 1.82) is 10.5 Å². The van der Waals surface area contributed by atoms with Gasteiger partial charge in [0.25, 0.3) is 0 Å². The number of thiophene rings is 1. The third-order valence-corrected chi connectivity index (χ3v) is 8.27. The molecular weight excluding hydrogens is 556 g/mol. The van der Waals surface area contributed by atoms with Crippen LogP contribution in [0.2, 0.25) is 0 Å². The Kier molecular flexibility index (Phi) is 9.75. The molecule has 2 aromatic heterocycles. The minimum Gasteiger partial charge on any atom is -0.497 e. The number of thioether (sulfide) groups is 1. The van der Waals surface area contributed by atoms with Crippen LogP contribution in [-0.2, 0) is 9.53 Å². The molecule has 4 rings (SSSR count). The molecule has 206 valence electrons. The number of nitriles is 2. The lowest BCUT2D eigenvalue weighted by atomic mass is 9.99. The Balaban J connectivity index is 1.57. The molecule has 0 bridgehead atoms. The first-order valence-corrected chi connectivity index (χ1v) is 14.5. The highest BCUT2D eigenvalue weighted by Crippen LogP contribution is 2.36. The molecule has 1 N–H and O–H groups in total. The summed E-state index contributed by atoms with van der Waals surface area (Å²) in [6.45, 7) is 3.57. The Hall–Kier alpha value is -4.64. The second-order valence-electron chi connectivity index (χ2n) is 8.68. The SMILES string of the molecule is CCOC(=O)c1sc(NC(=O)CCSc2nc(-c3ccccc3)cc(-c3ccc(OC)cc3)c2C#N)c(C#N)c1C. The predicted molar refractivity (Wildman–Crippen MR) is 160 cm³/mol. The molecule has 2 heterocycles. The normalized spacial score (nSPS) is 10.4. The zero-order valence-corrected chi connectivity index (χ0v) is 24.3. The molecule has 0 radical (unpaired) electrons. The van der Waals surface area contributed by atoms with E-state index in [4.69, 9.17) is 14.5 Å². The van der Waals surface area contributed by atoms with Gasteiger partial charge in [0.15, 0.2) is 0 Å². The van der Waals surface area contributed by atoms with E-state index in [0.717, 1.165) is 28.0 Å². The number of esters is 1. The maximum atomic E-state index is 12.8. The smallest absolute Gasteiger partial charge is 0.348 e. The summed E-state index contributed by atoms with van der Waals surface area (Å²) in [6, 6.07) is 23.4. The van der Waals surface area contributed by atoms with Crippen molar-refractivity contribution in [2.75, 3.05) is 24.8 Å². The number of anilines is 1. The van der Waals surface area contributed by atoms with Crippen molar-refractivity contribution >= 4 is 40.0 Å². The first-order valence-electron chi connectivity index (χ1n) is 12.7. The van der Waals surface area contributed by atoms with Crippen molar-refractivity contribution in [3.05, 3.63) is 82.2 Å². The highest BCUT2D eigenvalue weighted by Gasteiger charge is 2.22. The van der Waals surface area contributed by atoms with E-state index in [1.165, 1.54) is 11.8 Å². The Morgan fingerprint density at radius 2 is 1.73 bits per heavy atom. The van der Waals surface area contributed by atoms with Crippen molar-refractivity contribution in [3.63, 3.8) is 0 Å². The number of amides is 1. The van der Waals surface area contributed by atoms with Crippen LogP contribution >= 0.6 is 23.1 Å². The highest BCUT2D eigenvalue weighted by molar-refractivity contribution is 7.99. The molecule has 0 saturated carbocycles. The third kappa shape index (κ3) is 6.75. The van der Waals surface area contributed by atoms with Crippen molar-refractivity contribution < 1.29 is 19.1 Å². The van der Waals surface area contributed by atoms with E-state index >= 15 is 0 Å². The quantitative estimate of drug-likeness (QED) is 0.159. The van der Waals surface area contributed by atoms with E-state index in [1.807, 2.05) is 60.7 Å². The number of ether oxygens (including phenoxy) is 2. The summed E-state index contributed by atoms with van der Waals surface area (Å²) < 4.78 is 10.3. The predicted octanol–water partition coefficient (Wildman–Crippen LogP) is 6.84.